The van der Waals surface area contributed by atoms with Gasteiger partial charge in [-0.3, -0.25) is 9.59 Å². The lowest BCUT2D eigenvalue weighted by Gasteiger charge is -2.15. The van der Waals surface area contributed by atoms with Gasteiger partial charge < -0.3 is 15.4 Å². The molecule has 0 aliphatic carbocycles. The fourth-order valence-electron chi connectivity index (χ4n) is 1.56. The summed E-state index contributed by atoms with van der Waals surface area (Å²) in [4.78, 5) is 23.0. The minimum absolute atomic E-state index is 0.0153. The van der Waals surface area contributed by atoms with Crippen LogP contribution in [0.3, 0.4) is 0 Å². The first kappa shape index (κ1) is 13.0. The first-order valence-electron chi connectivity index (χ1n) is 5.78. The lowest BCUT2D eigenvalue weighted by atomic mass is 10.1. The highest BCUT2D eigenvalue weighted by Crippen LogP contribution is 2.05. The molecule has 5 nitrogen and oxygen atoms in total. The van der Waals surface area contributed by atoms with Gasteiger partial charge in [0.25, 0.3) is 0 Å². The normalized spacial score (nSPS) is 21.4. The van der Waals surface area contributed by atoms with E-state index in [1.54, 1.807) is 0 Å². The van der Waals surface area contributed by atoms with Crippen molar-refractivity contribution in [2.45, 2.75) is 45.3 Å². The van der Waals surface area contributed by atoms with E-state index in [0.29, 0.717) is 13.0 Å². The number of hydrogen-bond donors (Lipinski definition) is 2. The van der Waals surface area contributed by atoms with Crippen molar-refractivity contribution in [2.24, 2.45) is 0 Å². The first-order valence-corrected chi connectivity index (χ1v) is 5.78. The molecule has 0 radical (unpaired) electrons. The molecule has 5 heteroatoms. The van der Waals surface area contributed by atoms with Gasteiger partial charge in [-0.25, -0.2) is 0 Å². The largest absolute Gasteiger partial charge is 0.369 e. The van der Waals surface area contributed by atoms with E-state index in [0.717, 1.165) is 12.8 Å². The van der Waals surface area contributed by atoms with Gasteiger partial charge in [0.05, 0.1) is 6.10 Å². The Hall–Kier alpha value is -1.10. The number of amides is 2. The Morgan fingerprint density at radius 1 is 1.56 bits per heavy atom. The van der Waals surface area contributed by atoms with Crippen molar-refractivity contribution < 1.29 is 14.3 Å². The van der Waals surface area contributed by atoms with Crippen LogP contribution in [0.1, 0.15) is 33.1 Å². The molecule has 0 saturated carbocycles. The molecular formula is C11H20N2O3. The average molecular weight is 228 g/mol. The summed E-state index contributed by atoms with van der Waals surface area (Å²) in [6.45, 7) is 4.45. The lowest BCUT2D eigenvalue weighted by molar-refractivity contribution is -0.132. The molecule has 1 fully saturated rings. The van der Waals surface area contributed by atoms with Gasteiger partial charge in [0, 0.05) is 6.54 Å². The van der Waals surface area contributed by atoms with E-state index in [-0.39, 0.29) is 24.5 Å². The first-order chi connectivity index (χ1) is 7.59. The molecule has 1 aliphatic rings. The van der Waals surface area contributed by atoms with Crippen molar-refractivity contribution in [3.8, 4) is 0 Å². The molecule has 1 saturated heterocycles. The van der Waals surface area contributed by atoms with E-state index in [1.807, 2.05) is 13.8 Å². The zero-order valence-electron chi connectivity index (χ0n) is 9.91. The molecule has 16 heavy (non-hydrogen) atoms. The quantitative estimate of drug-likeness (QED) is 0.722. The maximum absolute atomic E-state index is 11.5. The summed E-state index contributed by atoms with van der Waals surface area (Å²) in [5.74, 6) is -0.314. The third-order valence-electron chi connectivity index (χ3n) is 2.42. The van der Waals surface area contributed by atoms with Crippen LogP contribution >= 0.6 is 0 Å². The second-order valence-electron chi connectivity index (χ2n) is 4.27. The summed E-state index contributed by atoms with van der Waals surface area (Å²) in [5.41, 5.74) is 0. The van der Waals surface area contributed by atoms with Crippen molar-refractivity contribution in [2.75, 3.05) is 13.2 Å². The Bertz CT molecular complexity index is 254. The van der Waals surface area contributed by atoms with Crippen molar-refractivity contribution >= 4 is 11.8 Å². The summed E-state index contributed by atoms with van der Waals surface area (Å²) in [5, 5.41) is 5.46. The highest BCUT2D eigenvalue weighted by Gasteiger charge is 2.22. The predicted octanol–water partition coefficient (Wildman–Crippen LogP) is 0.196. The molecule has 1 aliphatic heterocycles. The highest BCUT2D eigenvalue weighted by molar-refractivity contribution is 5.88. The van der Waals surface area contributed by atoms with Crippen LogP contribution in [0.5, 0.6) is 0 Å². The number of ether oxygens (including phenoxy) is 1. The molecule has 1 unspecified atom stereocenters. The predicted molar refractivity (Wildman–Crippen MR) is 59.9 cm³/mol. The molecule has 0 aromatic rings. The second-order valence-corrected chi connectivity index (χ2v) is 4.27. The Morgan fingerprint density at radius 2 is 2.31 bits per heavy atom. The number of carbonyl (C=O) groups excluding carboxylic acids is 2. The molecule has 0 spiro atoms. The smallest absolute Gasteiger partial charge is 0.246 e. The van der Waals surface area contributed by atoms with Crippen LogP contribution in [0.2, 0.25) is 0 Å². The zero-order valence-corrected chi connectivity index (χ0v) is 9.91. The fourth-order valence-corrected chi connectivity index (χ4v) is 1.56. The Balaban J connectivity index is 2.33. The molecule has 1 heterocycles. The summed E-state index contributed by atoms with van der Waals surface area (Å²) >= 11 is 0. The van der Waals surface area contributed by atoms with Crippen LogP contribution in [0.4, 0.5) is 0 Å². The standard InChI is InChI=1S/C11H20N2O3/c1-8(2)16-7-10(14)13-9-5-3-4-6-12-11(9)15/h8-9H,3-7H2,1-2H3,(H,12,15)(H,13,14). The lowest BCUT2D eigenvalue weighted by Crippen LogP contribution is -2.46. The number of rotatable bonds is 4. The Kier molecular flexibility index (Phi) is 5.25. The monoisotopic (exact) mass is 228 g/mol. The van der Waals surface area contributed by atoms with E-state index in [4.69, 9.17) is 4.74 Å². The fraction of sp³-hybridized carbons (Fsp3) is 0.818. The Morgan fingerprint density at radius 3 is 3.00 bits per heavy atom. The molecule has 2 N–H and O–H groups in total. The van der Waals surface area contributed by atoms with Gasteiger partial charge >= 0.3 is 0 Å². The van der Waals surface area contributed by atoms with Crippen molar-refractivity contribution in [3.63, 3.8) is 0 Å². The van der Waals surface area contributed by atoms with Gasteiger partial charge in [0.1, 0.15) is 12.6 Å². The van der Waals surface area contributed by atoms with Crippen LogP contribution < -0.4 is 10.6 Å². The third kappa shape index (κ3) is 4.61. The molecule has 0 aromatic carbocycles. The highest BCUT2D eigenvalue weighted by atomic mass is 16.5. The number of carbonyl (C=O) groups is 2. The topological polar surface area (TPSA) is 67.4 Å². The van der Waals surface area contributed by atoms with E-state index in [1.165, 1.54) is 0 Å². The summed E-state index contributed by atoms with van der Waals surface area (Å²) < 4.78 is 5.17. The van der Waals surface area contributed by atoms with E-state index >= 15 is 0 Å². The summed E-state index contributed by atoms with van der Waals surface area (Å²) in [6.07, 6.45) is 2.66. The summed E-state index contributed by atoms with van der Waals surface area (Å²) in [7, 11) is 0. The van der Waals surface area contributed by atoms with Gasteiger partial charge in [0.2, 0.25) is 11.8 Å². The van der Waals surface area contributed by atoms with Gasteiger partial charge in [-0.15, -0.1) is 0 Å². The molecular weight excluding hydrogens is 208 g/mol. The molecule has 2 amide bonds. The summed E-state index contributed by atoms with van der Waals surface area (Å²) in [6, 6.07) is -0.397. The van der Waals surface area contributed by atoms with Crippen molar-refractivity contribution in [3.05, 3.63) is 0 Å². The molecule has 0 bridgehead atoms. The SMILES string of the molecule is CC(C)OCC(=O)NC1CCCCNC1=O. The van der Waals surface area contributed by atoms with Gasteiger partial charge in [-0.05, 0) is 33.1 Å². The van der Waals surface area contributed by atoms with Crippen molar-refractivity contribution in [1.82, 2.24) is 10.6 Å². The van der Waals surface area contributed by atoms with E-state index in [2.05, 4.69) is 10.6 Å². The minimum Gasteiger partial charge on any atom is -0.369 e. The third-order valence-corrected chi connectivity index (χ3v) is 2.42. The molecule has 92 valence electrons. The van der Waals surface area contributed by atoms with E-state index in [9.17, 15) is 9.59 Å². The van der Waals surface area contributed by atoms with Gasteiger partial charge in [-0.1, -0.05) is 0 Å². The average Bonchev–Trinajstić information content (AvgIpc) is 2.42. The van der Waals surface area contributed by atoms with Gasteiger partial charge in [-0.2, -0.15) is 0 Å². The maximum atomic E-state index is 11.5. The number of nitrogens with one attached hydrogen (secondary N) is 2. The van der Waals surface area contributed by atoms with E-state index < -0.39 is 6.04 Å². The second kappa shape index (κ2) is 6.48. The van der Waals surface area contributed by atoms with Crippen molar-refractivity contribution in [1.29, 1.82) is 0 Å². The molecule has 1 atom stereocenters. The molecule has 1 rings (SSSR count). The van der Waals surface area contributed by atoms with Crippen LogP contribution in [0.15, 0.2) is 0 Å². The van der Waals surface area contributed by atoms with Gasteiger partial charge in [0.15, 0.2) is 0 Å². The van der Waals surface area contributed by atoms with Crippen LogP contribution in [-0.4, -0.2) is 37.1 Å². The minimum atomic E-state index is -0.397. The zero-order chi connectivity index (χ0) is 12.0. The molecule has 0 aromatic heterocycles. The number of hydrogen-bond acceptors (Lipinski definition) is 3. The Labute approximate surface area is 95.9 Å². The maximum Gasteiger partial charge on any atom is 0.246 e. The van der Waals surface area contributed by atoms with Crippen LogP contribution in [0.25, 0.3) is 0 Å². The van der Waals surface area contributed by atoms with Crippen LogP contribution in [0, 0.1) is 0 Å². The van der Waals surface area contributed by atoms with Crippen LogP contribution in [-0.2, 0) is 14.3 Å².